The van der Waals surface area contributed by atoms with Crippen LogP contribution in [0.1, 0.15) is 11.1 Å². The second-order valence-corrected chi connectivity index (χ2v) is 4.68. The highest BCUT2D eigenvalue weighted by atomic mass is 14.9. The Morgan fingerprint density at radius 3 is 2.60 bits per heavy atom. The van der Waals surface area contributed by atoms with Crippen LogP contribution in [0.15, 0.2) is 66.7 Å². The third-order valence-corrected chi connectivity index (χ3v) is 3.35. The molecule has 2 heteroatoms. The summed E-state index contributed by atoms with van der Waals surface area (Å²) in [6, 6.07) is 24.4. The molecule has 0 aliphatic rings. The molecular weight excluding hydrogens is 244 g/mol. The van der Waals surface area contributed by atoms with E-state index in [4.69, 9.17) is 5.26 Å². The molecule has 0 aromatic heterocycles. The van der Waals surface area contributed by atoms with Crippen LogP contribution in [-0.4, -0.2) is 0 Å². The first-order chi connectivity index (χ1) is 9.86. The minimum absolute atomic E-state index is 0.674. The monoisotopic (exact) mass is 258 g/mol. The second kappa shape index (κ2) is 5.46. The van der Waals surface area contributed by atoms with Crippen molar-refractivity contribution in [3.63, 3.8) is 0 Å². The average Bonchev–Trinajstić information content (AvgIpc) is 2.53. The maximum absolute atomic E-state index is 8.91. The molecule has 3 rings (SSSR count). The summed E-state index contributed by atoms with van der Waals surface area (Å²) in [7, 11) is 0. The molecule has 0 atom stereocenters. The van der Waals surface area contributed by atoms with Crippen LogP contribution in [0.4, 0.5) is 5.69 Å². The molecule has 0 aliphatic carbocycles. The zero-order valence-corrected chi connectivity index (χ0v) is 11.0. The van der Waals surface area contributed by atoms with Gasteiger partial charge in [-0.1, -0.05) is 48.5 Å². The van der Waals surface area contributed by atoms with Gasteiger partial charge in [-0.3, -0.25) is 0 Å². The van der Waals surface area contributed by atoms with Gasteiger partial charge in [0.15, 0.2) is 0 Å². The first-order valence-corrected chi connectivity index (χ1v) is 6.57. The summed E-state index contributed by atoms with van der Waals surface area (Å²) in [4.78, 5) is 0. The van der Waals surface area contributed by atoms with Gasteiger partial charge in [-0.05, 0) is 34.5 Å². The summed E-state index contributed by atoms with van der Waals surface area (Å²) in [5.74, 6) is 0. The number of rotatable bonds is 3. The molecule has 2 nitrogen and oxygen atoms in total. The standard InChI is InChI=1S/C18H14N2/c19-12-14-5-3-9-17(11-14)20-13-16-8-4-7-15-6-1-2-10-18(15)16/h1-11,20H,13H2. The van der Waals surface area contributed by atoms with Gasteiger partial charge in [0.2, 0.25) is 0 Å². The molecule has 0 fully saturated rings. The third-order valence-electron chi connectivity index (χ3n) is 3.35. The van der Waals surface area contributed by atoms with Crippen LogP contribution in [0.2, 0.25) is 0 Å². The molecule has 20 heavy (non-hydrogen) atoms. The summed E-state index contributed by atoms with van der Waals surface area (Å²) >= 11 is 0. The number of hydrogen-bond donors (Lipinski definition) is 1. The average molecular weight is 258 g/mol. The van der Waals surface area contributed by atoms with Crippen LogP contribution >= 0.6 is 0 Å². The quantitative estimate of drug-likeness (QED) is 0.759. The highest BCUT2D eigenvalue weighted by molar-refractivity contribution is 5.85. The molecule has 3 aromatic carbocycles. The van der Waals surface area contributed by atoms with Crippen LogP contribution in [-0.2, 0) is 6.54 Å². The first kappa shape index (κ1) is 12.3. The Morgan fingerprint density at radius 2 is 1.70 bits per heavy atom. The van der Waals surface area contributed by atoms with Gasteiger partial charge in [-0.2, -0.15) is 5.26 Å². The lowest BCUT2D eigenvalue weighted by Gasteiger charge is -2.09. The van der Waals surface area contributed by atoms with Crippen molar-refractivity contribution in [3.05, 3.63) is 77.9 Å². The van der Waals surface area contributed by atoms with Crippen molar-refractivity contribution in [2.75, 3.05) is 5.32 Å². The lowest BCUT2D eigenvalue weighted by molar-refractivity contribution is 1.17. The number of benzene rings is 3. The highest BCUT2D eigenvalue weighted by Gasteiger charge is 2.00. The maximum Gasteiger partial charge on any atom is 0.0992 e. The fourth-order valence-electron chi connectivity index (χ4n) is 2.34. The minimum Gasteiger partial charge on any atom is -0.381 e. The number of nitrogens with zero attached hydrogens (tertiary/aromatic N) is 1. The van der Waals surface area contributed by atoms with E-state index in [-0.39, 0.29) is 0 Å². The summed E-state index contributed by atoms with van der Waals surface area (Å²) in [6.07, 6.45) is 0. The topological polar surface area (TPSA) is 35.8 Å². The third kappa shape index (κ3) is 2.48. The van der Waals surface area contributed by atoms with Crippen LogP contribution in [0, 0.1) is 11.3 Å². The van der Waals surface area contributed by atoms with Crippen molar-refractivity contribution in [1.29, 1.82) is 5.26 Å². The Bertz CT molecular complexity index is 779. The van der Waals surface area contributed by atoms with Gasteiger partial charge in [0.1, 0.15) is 0 Å². The van der Waals surface area contributed by atoms with E-state index < -0.39 is 0 Å². The van der Waals surface area contributed by atoms with Gasteiger partial charge in [0.05, 0.1) is 11.6 Å². The number of anilines is 1. The SMILES string of the molecule is N#Cc1cccc(NCc2cccc3ccccc23)c1. The van der Waals surface area contributed by atoms with Crippen molar-refractivity contribution in [2.24, 2.45) is 0 Å². The smallest absolute Gasteiger partial charge is 0.0992 e. The van der Waals surface area contributed by atoms with Crippen LogP contribution in [0.5, 0.6) is 0 Å². The Hall–Kier alpha value is -2.79. The number of fused-ring (bicyclic) bond motifs is 1. The maximum atomic E-state index is 8.91. The molecule has 0 bridgehead atoms. The Kier molecular flexibility index (Phi) is 3.34. The van der Waals surface area contributed by atoms with Crippen molar-refractivity contribution < 1.29 is 0 Å². The Labute approximate surface area is 118 Å². The molecule has 96 valence electrons. The molecule has 0 saturated heterocycles. The van der Waals surface area contributed by atoms with E-state index in [1.54, 1.807) is 0 Å². The van der Waals surface area contributed by atoms with Crippen molar-refractivity contribution in [2.45, 2.75) is 6.54 Å². The summed E-state index contributed by atoms with van der Waals surface area (Å²) in [6.45, 7) is 0.746. The zero-order valence-electron chi connectivity index (χ0n) is 11.0. The van der Waals surface area contributed by atoms with E-state index in [9.17, 15) is 0 Å². The summed E-state index contributed by atoms with van der Waals surface area (Å²) in [5.41, 5.74) is 2.90. The molecule has 0 aliphatic heterocycles. The Balaban J connectivity index is 1.85. The number of nitrogens with one attached hydrogen (secondary N) is 1. The summed E-state index contributed by atoms with van der Waals surface area (Å²) in [5, 5.41) is 14.8. The van der Waals surface area contributed by atoms with Crippen LogP contribution < -0.4 is 5.32 Å². The number of nitriles is 1. The highest BCUT2D eigenvalue weighted by Crippen LogP contribution is 2.20. The molecule has 0 spiro atoms. The van der Waals surface area contributed by atoms with Crippen molar-refractivity contribution in [3.8, 4) is 6.07 Å². The predicted molar refractivity (Wildman–Crippen MR) is 82.4 cm³/mol. The molecule has 0 saturated carbocycles. The van der Waals surface area contributed by atoms with Gasteiger partial charge in [0, 0.05) is 12.2 Å². The van der Waals surface area contributed by atoms with Gasteiger partial charge in [0.25, 0.3) is 0 Å². The predicted octanol–water partition coefficient (Wildman–Crippen LogP) is 4.32. The van der Waals surface area contributed by atoms with E-state index >= 15 is 0 Å². The zero-order chi connectivity index (χ0) is 13.8. The van der Waals surface area contributed by atoms with Gasteiger partial charge in [-0.15, -0.1) is 0 Å². The first-order valence-electron chi connectivity index (χ1n) is 6.57. The minimum atomic E-state index is 0.674. The molecule has 1 N–H and O–H groups in total. The number of hydrogen-bond acceptors (Lipinski definition) is 2. The van der Waals surface area contributed by atoms with Gasteiger partial charge in [-0.25, -0.2) is 0 Å². The summed E-state index contributed by atoms with van der Waals surface area (Å²) < 4.78 is 0. The lowest BCUT2D eigenvalue weighted by Crippen LogP contribution is -2.00. The second-order valence-electron chi connectivity index (χ2n) is 4.68. The van der Waals surface area contributed by atoms with Gasteiger partial charge >= 0.3 is 0 Å². The van der Waals surface area contributed by atoms with E-state index in [1.165, 1.54) is 16.3 Å². The normalized spacial score (nSPS) is 10.2. The molecule has 0 heterocycles. The van der Waals surface area contributed by atoms with Gasteiger partial charge < -0.3 is 5.32 Å². The van der Waals surface area contributed by atoms with E-state index in [0.717, 1.165) is 12.2 Å². The fourth-order valence-corrected chi connectivity index (χ4v) is 2.34. The largest absolute Gasteiger partial charge is 0.381 e. The lowest BCUT2D eigenvalue weighted by atomic mass is 10.0. The fraction of sp³-hybridized carbons (Fsp3) is 0.0556. The molecule has 3 aromatic rings. The van der Waals surface area contributed by atoms with Crippen LogP contribution in [0.3, 0.4) is 0 Å². The van der Waals surface area contributed by atoms with Crippen molar-refractivity contribution >= 4 is 16.5 Å². The Morgan fingerprint density at radius 1 is 0.900 bits per heavy atom. The van der Waals surface area contributed by atoms with Crippen LogP contribution in [0.25, 0.3) is 10.8 Å². The van der Waals surface area contributed by atoms with E-state index in [2.05, 4.69) is 53.9 Å². The molecule has 0 radical (unpaired) electrons. The van der Waals surface area contributed by atoms with Crippen molar-refractivity contribution in [1.82, 2.24) is 0 Å². The van der Waals surface area contributed by atoms with E-state index in [1.807, 2.05) is 24.3 Å². The molecular formula is C18H14N2. The molecule has 0 unspecified atom stereocenters. The molecule has 0 amide bonds. The van der Waals surface area contributed by atoms with E-state index in [0.29, 0.717) is 5.56 Å².